The predicted molar refractivity (Wildman–Crippen MR) is 168 cm³/mol. The number of benzene rings is 3. The normalized spacial score (nSPS) is 21.1. The van der Waals surface area contributed by atoms with Crippen LogP contribution in [0.25, 0.3) is 0 Å². The van der Waals surface area contributed by atoms with Crippen LogP contribution in [0.1, 0.15) is 60.3 Å². The molecule has 0 bridgehead atoms. The highest BCUT2D eigenvalue weighted by Crippen LogP contribution is 2.27. The summed E-state index contributed by atoms with van der Waals surface area (Å²) in [6.07, 6.45) is 5.87. The quantitative estimate of drug-likeness (QED) is 0.239. The third-order valence-electron chi connectivity index (χ3n) is 8.77. The van der Waals surface area contributed by atoms with Crippen molar-refractivity contribution in [2.45, 2.75) is 69.1 Å². The lowest BCUT2D eigenvalue weighted by Crippen LogP contribution is -2.49. The zero-order valence-electron chi connectivity index (χ0n) is 24.3. The number of rotatable bonds is 13. The fraction of sp³-hybridized carbons (Fsp3) is 0.457. The van der Waals surface area contributed by atoms with Crippen molar-refractivity contribution < 1.29 is 4.79 Å². The molecule has 6 nitrogen and oxygen atoms in total. The lowest BCUT2D eigenvalue weighted by atomic mass is 9.90. The summed E-state index contributed by atoms with van der Waals surface area (Å²) in [5, 5.41) is 11.2. The van der Waals surface area contributed by atoms with Crippen molar-refractivity contribution in [1.82, 2.24) is 20.9 Å². The number of amides is 1. The van der Waals surface area contributed by atoms with Crippen LogP contribution in [0, 0.1) is 0 Å². The number of nitrogens with two attached hydrogens (primary N) is 1. The summed E-state index contributed by atoms with van der Waals surface area (Å²) in [6, 6.07) is 30.6. The number of hydrogen-bond donors (Lipinski definition) is 4. The summed E-state index contributed by atoms with van der Waals surface area (Å²) in [6.45, 7) is 4.93. The van der Waals surface area contributed by atoms with Crippen LogP contribution in [0.4, 0.5) is 0 Å². The molecular formula is C35H47N5O. The van der Waals surface area contributed by atoms with Gasteiger partial charge < -0.3 is 26.6 Å². The number of fused-ring (bicyclic) bond motifs is 1. The largest absolute Gasteiger partial charge is 0.340 e. The van der Waals surface area contributed by atoms with Crippen LogP contribution in [0.5, 0.6) is 0 Å². The minimum atomic E-state index is -0.167. The molecule has 1 saturated heterocycles. The molecule has 1 fully saturated rings. The summed E-state index contributed by atoms with van der Waals surface area (Å²) in [7, 11) is 0. The zero-order valence-corrected chi connectivity index (χ0v) is 24.3. The van der Waals surface area contributed by atoms with Gasteiger partial charge in [0.2, 0.25) is 5.91 Å². The van der Waals surface area contributed by atoms with Gasteiger partial charge in [0.15, 0.2) is 0 Å². The van der Waals surface area contributed by atoms with Crippen LogP contribution in [-0.4, -0.2) is 61.7 Å². The maximum absolute atomic E-state index is 13.9. The Bertz CT molecular complexity index is 1160. The van der Waals surface area contributed by atoms with Gasteiger partial charge in [0.25, 0.3) is 0 Å². The molecule has 5 rings (SSSR count). The van der Waals surface area contributed by atoms with Gasteiger partial charge in [-0.05, 0) is 67.4 Å². The van der Waals surface area contributed by atoms with Gasteiger partial charge in [0, 0.05) is 44.2 Å². The fourth-order valence-electron chi connectivity index (χ4n) is 6.40. The summed E-state index contributed by atoms with van der Waals surface area (Å²) in [4.78, 5) is 16.0. The number of carbonyl (C=O) groups is 1. The number of carbonyl (C=O) groups excluding carboxylic acids is 1. The van der Waals surface area contributed by atoms with Gasteiger partial charge in [-0.2, -0.15) is 0 Å². The smallest absolute Gasteiger partial charge is 0.239 e. The van der Waals surface area contributed by atoms with Crippen molar-refractivity contribution >= 4 is 5.91 Å². The number of nitrogens with zero attached hydrogens (tertiary/aromatic N) is 1. The summed E-state index contributed by atoms with van der Waals surface area (Å²) >= 11 is 0. The predicted octanol–water partition coefficient (Wildman–Crippen LogP) is 4.20. The highest BCUT2D eigenvalue weighted by molar-refractivity contribution is 5.82. The molecule has 41 heavy (non-hydrogen) atoms. The van der Waals surface area contributed by atoms with E-state index >= 15 is 0 Å². The van der Waals surface area contributed by atoms with Crippen LogP contribution < -0.4 is 21.7 Å². The maximum Gasteiger partial charge on any atom is 0.239 e. The lowest BCUT2D eigenvalue weighted by Gasteiger charge is -2.29. The Morgan fingerprint density at radius 1 is 0.854 bits per heavy atom. The van der Waals surface area contributed by atoms with E-state index in [2.05, 4.69) is 106 Å². The van der Waals surface area contributed by atoms with Gasteiger partial charge >= 0.3 is 0 Å². The molecule has 0 saturated carbocycles. The monoisotopic (exact) mass is 553 g/mol. The van der Waals surface area contributed by atoms with E-state index in [0.717, 1.165) is 64.7 Å². The topological polar surface area (TPSA) is 82.4 Å². The molecule has 0 spiro atoms. The van der Waals surface area contributed by atoms with Crippen LogP contribution in [0.3, 0.4) is 0 Å². The van der Waals surface area contributed by atoms with Crippen LogP contribution in [0.15, 0.2) is 84.9 Å². The first kappa shape index (κ1) is 29.5. The Balaban J connectivity index is 1.20. The summed E-state index contributed by atoms with van der Waals surface area (Å²) in [5.74, 6) is 0.375. The highest BCUT2D eigenvalue weighted by Gasteiger charge is 2.32. The maximum atomic E-state index is 13.9. The van der Waals surface area contributed by atoms with Crippen LogP contribution in [0.2, 0.25) is 0 Å². The molecule has 0 aliphatic carbocycles. The van der Waals surface area contributed by atoms with E-state index in [4.69, 9.17) is 5.73 Å². The number of hydrogen-bond acceptors (Lipinski definition) is 5. The van der Waals surface area contributed by atoms with Gasteiger partial charge in [-0.25, -0.2) is 0 Å². The Kier molecular flexibility index (Phi) is 11.0. The molecule has 3 aromatic rings. The highest BCUT2D eigenvalue weighted by atomic mass is 16.2. The molecule has 0 radical (unpaired) electrons. The average Bonchev–Trinajstić information content (AvgIpc) is 3.17. The number of unbranched alkanes of at least 4 members (excludes halogenated alkanes) is 1. The lowest BCUT2D eigenvalue weighted by molar-refractivity contribution is -0.133. The van der Waals surface area contributed by atoms with Crippen LogP contribution in [-0.2, 0) is 17.8 Å². The SMILES string of the molecule is NCCCC[C@@H]1N[C@H](CNCCC2Cc3ccccc3CN2)CCN(CC(c2ccccc2)c2ccccc2)C1=O. The number of nitrogens with one attached hydrogen (secondary N) is 3. The molecule has 2 aliphatic heterocycles. The van der Waals surface area contributed by atoms with Crippen molar-refractivity contribution in [3.63, 3.8) is 0 Å². The first-order chi connectivity index (χ1) is 20.2. The second kappa shape index (κ2) is 15.3. The average molecular weight is 554 g/mol. The molecule has 5 N–H and O–H groups in total. The Hall–Kier alpha value is -3.03. The Labute approximate surface area is 246 Å². The second-order valence-corrected chi connectivity index (χ2v) is 11.7. The Morgan fingerprint density at radius 3 is 2.24 bits per heavy atom. The van der Waals surface area contributed by atoms with E-state index < -0.39 is 0 Å². The molecule has 218 valence electrons. The first-order valence-electron chi connectivity index (χ1n) is 15.6. The van der Waals surface area contributed by atoms with E-state index in [-0.39, 0.29) is 23.9 Å². The fourth-order valence-corrected chi connectivity index (χ4v) is 6.40. The van der Waals surface area contributed by atoms with E-state index in [9.17, 15) is 4.79 Å². The zero-order chi connectivity index (χ0) is 28.3. The van der Waals surface area contributed by atoms with Crippen molar-refractivity contribution in [1.29, 1.82) is 0 Å². The molecule has 3 atom stereocenters. The molecule has 1 unspecified atom stereocenters. The third-order valence-corrected chi connectivity index (χ3v) is 8.77. The minimum Gasteiger partial charge on any atom is -0.340 e. The minimum absolute atomic E-state index is 0.147. The van der Waals surface area contributed by atoms with Gasteiger partial charge in [-0.1, -0.05) is 91.3 Å². The first-order valence-corrected chi connectivity index (χ1v) is 15.6. The van der Waals surface area contributed by atoms with Crippen molar-refractivity contribution in [3.05, 3.63) is 107 Å². The van der Waals surface area contributed by atoms with Crippen molar-refractivity contribution in [2.75, 3.05) is 32.7 Å². The van der Waals surface area contributed by atoms with E-state index in [0.29, 0.717) is 19.1 Å². The van der Waals surface area contributed by atoms with Crippen LogP contribution >= 0.6 is 0 Å². The van der Waals surface area contributed by atoms with Gasteiger partial charge in [0.05, 0.1) is 6.04 Å². The summed E-state index contributed by atoms with van der Waals surface area (Å²) in [5.41, 5.74) is 11.2. The van der Waals surface area contributed by atoms with Gasteiger partial charge in [0.1, 0.15) is 0 Å². The molecule has 0 aromatic heterocycles. The molecule has 6 heteroatoms. The summed E-state index contributed by atoms with van der Waals surface area (Å²) < 4.78 is 0. The molecule has 2 aliphatic rings. The second-order valence-electron chi connectivity index (χ2n) is 11.7. The van der Waals surface area contributed by atoms with Crippen molar-refractivity contribution in [3.8, 4) is 0 Å². The molecule has 2 heterocycles. The molecule has 1 amide bonds. The molecular weight excluding hydrogens is 506 g/mol. The van der Waals surface area contributed by atoms with E-state index in [1.807, 2.05) is 0 Å². The van der Waals surface area contributed by atoms with E-state index in [1.54, 1.807) is 0 Å². The molecule has 3 aromatic carbocycles. The Morgan fingerprint density at radius 2 is 1.54 bits per heavy atom. The third kappa shape index (κ3) is 8.26. The van der Waals surface area contributed by atoms with Crippen molar-refractivity contribution in [2.24, 2.45) is 5.73 Å². The van der Waals surface area contributed by atoms with Gasteiger partial charge in [-0.15, -0.1) is 0 Å². The standard InChI is InChI=1S/C35H47N5O/c36-20-10-9-17-34-35(41)40(26-33(27-11-3-1-4-12-27)28-13-5-2-6-14-28)22-19-32(39-34)25-37-21-18-31-23-29-15-7-8-16-30(29)24-38-31/h1-8,11-16,31-34,37-39H,9-10,17-26,36H2/t31?,32-,34-/m0/s1. The van der Waals surface area contributed by atoms with E-state index in [1.165, 1.54) is 22.3 Å². The van der Waals surface area contributed by atoms with Gasteiger partial charge in [-0.3, -0.25) is 4.79 Å².